The summed E-state index contributed by atoms with van der Waals surface area (Å²) >= 11 is 0. The van der Waals surface area contributed by atoms with Crippen LogP contribution >= 0.6 is 0 Å². The number of hydrogen-bond donors (Lipinski definition) is 0. The number of hydrogen-bond acceptors (Lipinski definition) is 3. The van der Waals surface area contributed by atoms with E-state index in [1.54, 1.807) is 7.11 Å². The van der Waals surface area contributed by atoms with Crippen LogP contribution < -0.4 is 9.64 Å². The van der Waals surface area contributed by atoms with E-state index in [-0.39, 0.29) is 29.8 Å². The molecule has 1 aliphatic carbocycles. The van der Waals surface area contributed by atoms with Gasteiger partial charge in [-0.2, -0.15) is 0 Å². The Morgan fingerprint density at radius 2 is 1.53 bits per heavy atom. The van der Waals surface area contributed by atoms with Gasteiger partial charge in [-0.15, -0.1) is 0 Å². The van der Waals surface area contributed by atoms with Crippen LogP contribution in [0.1, 0.15) is 42.9 Å². The summed E-state index contributed by atoms with van der Waals surface area (Å²) < 4.78 is 5.34. The van der Waals surface area contributed by atoms with Gasteiger partial charge in [-0.1, -0.05) is 67.1 Å². The third kappa shape index (κ3) is 4.18. The highest BCUT2D eigenvalue weighted by molar-refractivity contribution is 5.97. The molecule has 3 aromatic rings. The van der Waals surface area contributed by atoms with Crippen molar-refractivity contribution in [2.75, 3.05) is 12.0 Å². The molecule has 174 valence electrons. The molecule has 2 fully saturated rings. The van der Waals surface area contributed by atoms with Gasteiger partial charge in [-0.05, 0) is 48.2 Å². The summed E-state index contributed by atoms with van der Waals surface area (Å²) in [5.41, 5.74) is 2.92. The molecule has 0 N–H and O–H groups in total. The number of nitrogens with zero attached hydrogens (tertiary/aromatic N) is 2. The SMILES string of the molecule is COc1ccc(N2C(=O)N(Cc3ccccc3)C(C3CCCCC3=O)C2c2ccccc2)cc1. The largest absolute Gasteiger partial charge is 0.497 e. The van der Waals surface area contributed by atoms with Crippen LogP contribution in [0.2, 0.25) is 0 Å². The minimum atomic E-state index is -0.252. The first-order valence-electron chi connectivity index (χ1n) is 12.0. The molecule has 0 bridgehead atoms. The van der Waals surface area contributed by atoms with E-state index in [9.17, 15) is 9.59 Å². The topological polar surface area (TPSA) is 49.9 Å². The van der Waals surface area contributed by atoms with Gasteiger partial charge in [-0.3, -0.25) is 9.69 Å². The number of amides is 2. The van der Waals surface area contributed by atoms with Gasteiger partial charge < -0.3 is 9.64 Å². The van der Waals surface area contributed by atoms with Gasteiger partial charge in [0.1, 0.15) is 11.5 Å². The van der Waals surface area contributed by atoms with Crippen molar-refractivity contribution in [3.8, 4) is 5.75 Å². The molecule has 2 amide bonds. The lowest BCUT2D eigenvalue weighted by Gasteiger charge is -2.35. The van der Waals surface area contributed by atoms with E-state index in [0.29, 0.717) is 13.0 Å². The zero-order chi connectivity index (χ0) is 23.5. The normalized spacial score (nSPS) is 22.8. The molecule has 2 aliphatic rings. The second-order valence-corrected chi connectivity index (χ2v) is 9.13. The summed E-state index contributed by atoms with van der Waals surface area (Å²) in [5, 5.41) is 0. The second-order valence-electron chi connectivity index (χ2n) is 9.13. The van der Waals surface area contributed by atoms with Crippen LogP contribution in [0.4, 0.5) is 10.5 Å². The second kappa shape index (κ2) is 9.72. The Balaban J connectivity index is 1.63. The molecule has 3 atom stereocenters. The summed E-state index contributed by atoms with van der Waals surface area (Å²) in [5.74, 6) is 0.848. The van der Waals surface area contributed by atoms with Crippen LogP contribution in [0.15, 0.2) is 84.9 Å². The van der Waals surface area contributed by atoms with Crippen molar-refractivity contribution in [2.45, 2.75) is 44.3 Å². The first-order valence-corrected chi connectivity index (χ1v) is 12.0. The van der Waals surface area contributed by atoms with E-state index in [2.05, 4.69) is 12.1 Å². The van der Waals surface area contributed by atoms with Crippen molar-refractivity contribution in [1.29, 1.82) is 0 Å². The Hall–Kier alpha value is -3.60. The van der Waals surface area contributed by atoms with Crippen molar-refractivity contribution < 1.29 is 14.3 Å². The van der Waals surface area contributed by atoms with Crippen molar-refractivity contribution in [2.24, 2.45) is 5.92 Å². The average molecular weight is 455 g/mol. The van der Waals surface area contributed by atoms with Crippen LogP contribution in [-0.4, -0.2) is 29.9 Å². The van der Waals surface area contributed by atoms with Gasteiger partial charge in [-0.25, -0.2) is 4.79 Å². The Kier molecular flexibility index (Phi) is 6.35. The molecule has 1 aliphatic heterocycles. The highest BCUT2D eigenvalue weighted by atomic mass is 16.5. The molecule has 5 nitrogen and oxygen atoms in total. The number of ether oxygens (including phenoxy) is 1. The van der Waals surface area contributed by atoms with Crippen LogP contribution in [0, 0.1) is 5.92 Å². The fourth-order valence-electron chi connectivity index (χ4n) is 5.48. The Bertz CT molecular complexity index is 1130. The van der Waals surface area contributed by atoms with E-state index in [0.717, 1.165) is 41.8 Å². The summed E-state index contributed by atoms with van der Waals surface area (Å²) in [6.07, 6.45) is 3.37. The molecule has 5 rings (SSSR count). The number of carbonyl (C=O) groups is 2. The van der Waals surface area contributed by atoms with Crippen molar-refractivity contribution >= 4 is 17.5 Å². The Labute approximate surface area is 201 Å². The van der Waals surface area contributed by atoms with Crippen molar-refractivity contribution in [3.63, 3.8) is 0 Å². The Morgan fingerprint density at radius 1 is 0.853 bits per heavy atom. The quantitative estimate of drug-likeness (QED) is 0.459. The molecule has 34 heavy (non-hydrogen) atoms. The lowest BCUT2D eigenvalue weighted by molar-refractivity contribution is -0.126. The number of benzene rings is 3. The van der Waals surface area contributed by atoms with Gasteiger partial charge in [0.2, 0.25) is 0 Å². The molecular weight excluding hydrogens is 424 g/mol. The third-order valence-electron chi connectivity index (χ3n) is 7.11. The highest BCUT2D eigenvalue weighted by Crippen LogP contribution is 2.45. The average Bonchev–Trinajstić information content (AvgIpc) is 3.17. The van der Waals surface area contributed by atoms with E-state index < -0.39 is 0 Å². The minimum Gasteiger partial charge on any atom is -0.497 e. The standard InChI is InChI=1S/C29H30N2O3/c1-34-24-18-16-23(17-19-24)31-27(22-12-6-3-7-13-22)28(25-14-8-9-15-26(25)32)30(29(31)33)20-21-10-4-2-5-11-21/h2-7,10-13,16-19,25,27-28H,8-9,14-15,20H2,1H3. The maximum absolute atomic E-state index is 14.1. The van der Waals surface area contributed by atoms with Crippen molar-refractivity contribution in [3.05, 3.63) is 96.1 Å². The number of anilines is 1. The van der Waals surface area contributed by atoms with E-state index in [1.807, 2.05) is 82.6 Å². The monoisotopic (exact) mass is 454 g/mol. The predicted octanol–water partition coefficient (Wildman–Crippen LogP) is 6.01. The molecule has 1 heterocycles. The first-order chi connectivity index (χ1) is 16.7. The number of carbonyl (C=O) groups excluding carboxylic acids is 2. The lowest BCUT2D eigenvalue weighted by Crippen LogP contribution is -2.43. The number of rotatable bonds is 6. The minimum absolute atomic E-state index is 0.0637. The van der Waals surface area contributed by atoms with Crippen molar-refractivity contribution in [1.82, 2.24) is 4.90 Å². The zero-order valence-corrected chi connectivity index (χ0v) is 19.5. The third-order valence-corrected chi connectivity index (χ3v) is 7.11. The van der Waals surface area contributed by atoms with Crippen LogP contribution in [0.3, 0.4) is 0 Å². The summed E-state index contributed by atoms with van der Waals surface area (Å²) in [4.78, 5) is 31.1. The van der Waals surface area contributed by atoms with E-state index >= 15 is 0 Å². The molecule has 5 heteroatoms. The van der Waals surface area contributed by atoms with Gasteiger partial charge in [0.05, 0.1) is 19.2 Å². The lowest BCUT2D eigenvalue weighted by atomic mass is 9.78. The molecule has 0 aromatic heterocycles. The van der Waals surface area contributed by atoms with Gasteiger partial charge in [0.25, 0.3) is 0 Å². The van der Waals surface area contributed by atoms with Crippen LogP contribution in [0.5, 0.6) is 5.75 Å². The maximum Gasteiger partial charge on any atom is 0.325 e. The van der Waals surface area contributed by atoms with E-state index in [1.165, 1.54) is 0 Å². The number of urea groups is 1. The zero-order valence-electron chi connectivity index (χ0n) is 19.5. The Morgan fingerprint density at radius 3 is 2.18 bits per heavy atom. The molecule has 3 aromatic carbocycles. The van der Waals surface area contributed by atoms with Gasteiger partial charge in [0, 0.05) is 24.6 Å². The summed E-state index contributed by atoms with van der Waals surface area (Å²) in [6, 6.07) is 27.3. The predicted molar refractivity (Wildman–Crippen MR) is 133 cm³/mol. The van der Waals surface area contributed by atoms with Gasteiger partial charge >= 0.3 is 6.03 Å². The summed E-state index contributed by atoms with van der Waals surface area (Å²) in [7, 11) is 1.63. The molecule has 1 saturated heterocycles. The summed E-state index contributed by atoms with van der Waals surface area (Å²) in [6.45, 7) is 0.476. The smallest absolute Gasteiger partial charge is 0.325 e. The molecule has 3 unspecified atom stereocenters. The molecule has 1 saturated carbocycles. The maximum atomic E-state index is 14.1. The molecule has 0 radical (unpaired) electrons. The number of ketones is 1. The number of methoxy groups -OCH3 is 1. The van der Waals surface area contributed by atoms with Crippen LogP contribution in [-0.2, 0) is 11.3 Å². The van der Waals surface area contributed by atoms with Gasteiger partial charge in [0.15, 0.2) is 0 Å². The highest BCUT2D eigenvalue weighted by Gasteiger charge is 2.52. The molecular formula is C29H30N2O3. The van der Waals surface area contributed by atoms with Crippen LogP contribution in [0.25, 0.3) is 0 Å². The number of Topliss-reactive ketones (excluding diaryl/α,β-unsaturated/α-hetero) is 1. The van der Waals surface area contributed by atoms with E-state index in [4.69, 9.17) is 4.74 Å². The fourth-order valence-corrected chi connectivity index (χ4v) is 5.48. The fraction of sp³-hybridized carbons (Fsp3) is 0.310. The first kappa shape index (κ1) is 22.2. The molecule has 0 spiro atoms.